The van der Waals surface area contributed by atoms with E-state index in [0.717, 1.165) is 31.4 Å². The Hall–Kier alpha value is -4.73. The first-order valence-corrected chi connectivity index (χ1v) is 13.5. The van der Waals surface area contributed by atoms with Gasteiger partial charge in [0.15, 0.2) is 53.0 Å². The van der Waals surface area contributed by atoms with Crippen molar-refractivity contribution in [2.45, 2.75) is 61.4 Å². The number of hydrogen-bond donors (Lipinski definition) is 10. The molecule has 254 valence electrons. The summed E-state index contributed by atoms with van der Waals surface area (Å²) in [5.74, 6) is -6.61. The van der Waals surface area contributed by atoms with Gasteiger partial charge in [0.1, 0.15) is 47.2 Å². The van der Waals surface area contributed by atoms with Gasteiger partial charge in [0.2, 0.25) is 12.0 Å². The van der Waals surface area contributed by atoms with Gasteiger partial charge in [-0.25, -0.2) is 9.59 Å². The highest BCUT2D eigenvalue weighted by Gasteiger charge is 2.54. The number of phenols is 3. The topological polar surface area (TPSA) is 313 Å². The maximum Gasteiger partial charge on any atom is 0.335 e. The number of carboxylic acids is 2. The molecule has 0 radical (unpaired) electrons. The van der Waals surface area contributed by atoms with Crippen molar-refractivity contribution in [3.8, 4) is 40.1 Å². The molecule has 2 aromatic carbocycles. The van der Waals surface area contributed by atoms with E-state index < -0.39 is 107 Å². The molecule has 47 heavy (non-hydrogen) atoms. The molecular formula is C28H28O19. The molecule has 19 nitrogen and oxygen atoms in total. The molecule has 3 aromatic rings. The number of benzene rings is 2. The lowest BCUT2D eigenvalue weighted by Crippen LogP contribution is -2.66. The minimum atomic E-state index is -2.24. The second kappa shape index (κ2) is 12.8. The van der Waals surface area contributed by atoms with E-state index >= 15 is 0 Å². The summed E-state index contributed by atoms with van der Waals surface area (Å²) in [5, 5.41) is 101. The Kier molecular flexibility index (Phi) is 9.17. The Morgan fingerprint density at radius 3 is 1.98 bits per heavy atom. The number of methoxy groups -OCH3 is 1. The Morgan fingerprint density at radius 1 is 0.766 bits per heavy atom. The Bertz CT molecular complexity index is 1740. The Balaban J connectivity index is 1.55. The molecular weight excluding hydrogens is 640 g/mol. The smallest absolute Gasteiger partial charge is 0.335 e. The Labute approximate surface area is 261 Å². The lowest BCUT2D eigenvalue weighted by molar-refractivity contribution is -0.350. The second-order valence-electron chi connectivity index (χ2n) is 10.5. The van der Waals surface area contributed by atoms with Crippen LogP contribution in [0.4, 0.5) is 0 Å². The first kappa shape index (κ1) is 33.6. The van der Waals surface area contributed by atoms with Gasteiger partial charge >= 0.3 is 11.9 Å². The van der Waals surface area contributed by atoms with Crippen LogP contribution in [0.2, 0.25) is 0 Å². The van der Waals surface area contributed by atoms with Gasteiger partial charge in [-0.15, -0.1) is 0 Å². The Morgan fingerprint density at radius 2 is 1.38 bits per heavy atom. The third-order valence-corrected chi connectivity index (χ3v) is 7.52. The van der Waals surface area contributed by atoms with Gasteiger partial charge in [-0.05, 0) is 18.2 Å². The molecule has 10 atom stereocenters. The first-order chi connectivity index (χ1) is 22.1. The zero-order valence-corrected chi connectivity index (χ0v) is 23.8. The summed E-state index contributed by atoms with van der Waals surface area (Å²) in [6.07, 6.45) is -21.6. The second-order valence-corrected chi connectivity index (χ2v) is 10.5. The fourth-order valence-corrected chi connectivity index (χ4v) is 5.06. The number of aromatic hydroxyl groups is 3. The van der Waals surface area contributed by atoms with E-state index in [4.69, 9.17) is 28.1 Å². The predicted octanol–water partition coefficient (Wildman–Crippen LogP) is -2.23. The summed E-state index contributed by atoms with van der Waals surface area (Å²) in [4.78, 5) is 36.5. The summed E-state index contributed by atoms with van der Waals surface area (Å²) >= 11 is 0. The minimum Gasteiger partial charge on any atom is -0.504 e. The third kappa shape index (κ3) is 6.08. The van der Waals surface area contributed by atoms with Crippen LogP contribution >= 0.6 is 0 Å². The van der Waals surface area contributed by atoms with E-state index in [9.17, 15) is 65.4 Å². The van der Waals surface area contributed by atoms with Crippen molar-refractivity contribution in [3.63, 3.8) is 0 Å². The molecule has 2 aliphatic heterocycles. The largest absolute Gasteiger partial charge is 0.504 e. The molecule has 5 rings (SSSR count). The van der Waals surface area contributed by atoms with Crippen LogP contribution in [0.3, 0.4) is 0 Å². The number of ether oxygens (including phenoxy) is 5. The van der Waals surface area contributed by atoms with Gasteiger partial charge in [0.25, 0.3) is 0 Å². The highest BCUT2D eigenvalue weighted by molar-refractivity contribution is 5.89. The molecule has 0 aliphatic carbocycles. The number of aliphatic carboxylic acids is 2. The van der Waals surface area contributed by atoms with Crippen molar-refractivity contribution < 1.29 is 88.8 Å². The van der Waals surface area contributed by atoms with Crippen LogP contribution in [0.5, 0.6) is 28.7 Å². The quantitative estimate of drug-likeness (QED) is 0.114. The number of aliphatic hydroxyl groups is 5. The SMILES string of the molecule is COc1cc2oc(-c3ccc(O)c(O)c3)cc(=O)c2c(O)c1O[C@@H]1O[C@H](C(=O)O)[C@@H](O)[C@H](O)[C@H]1O[C@@H]1O[C@H](C(=O)O)[C@@H](O)[C@H](O)[C@H]1O. The normalized spacial score (nSPS) is 30.9. The molecule has 2 aliphatic rings. The van der Waals surface area contributed by atoms with Gasteiger partial charge in [0.05, 0.1) is 7.11 Å². The van der Waals surface area contributed by atoms with E-state index in [0.29, 0.717) is 0 Å². The molecule has 2 fully saturated rings. The molecule has 0 amide bonds. The van der Waals surface area contributed by atoms with Gasteiger partial charge in [-0.3, -0.25) is 4.79 Å². The van der Waals surface area contributed by atoms with Crippen molar-refractivity contribution in [3.05, 3.63) is 40.6 Å². The van der Waals surface area contributed by atoms with Crippen LogP contribution in [-0.4, -0.2) is 132 Å². The van der Waals surface area contributed by atoms with E-state index in [1.165, 1.54) is 6.07 Å². The lowest BCUT2D eigenvalue weighted by atomic mass is 9.97. The van der Waals surface area contributed by atoms with Gasteiger partial charge in [-0.1, -0.05) is 0 Å². The predicted molar refractivity (Wildman–Crippen MR) is 148 cm³/mol. The van der Waals surface area contributed by atoms with Crippen molar-refractivity contribution in [1.82, 2.24) is 0 Å². The van der Waals surface area contributed by atoms with E-state index in [1.807, 2.05) is 0 Å². The lowest BCUT2D eigenvalue weighted by Gasteiger charge is -2.44. The molecule has 10 N–H and O–H groups in total. The van der Waals surface area contributed by atoms with Crippen LogP contribution in [0.1, 0.15) is 0 Å². The molecule has 1 aromatic heterocycles. The fraction of sp³-hybridized carbons (Fsp3) is 0.393. The summed E-state index contributed by atoms with van der Waals surface area (Å²) < 4.78 is 32.4. The van der Waals surface area contributed by atoms with E-state index in [-0.39, 0.29) is 22.7 Å². The number of carbonyl (C=O) groups is 2. The summed E-state index contributed by atoms with van der Waals surface area (Å²) in [6, 6.07) is 5.60. The molecule has 3 heterocycles. The molecule has 0 saturated carbocycles. The average Bonchev–Trinajstić information content (AvgIpc) is 3.02. The van der Waals surface area contributed by atoms with Crippen molar-refractivity contribution in [2.75, 3.05) is 7.11 Å². The standard InChI is InChI=1S/C28H28O19/c1-42-13-6-12-14(10(31)5-11(43-12)7-2-3-8(29)9(30)4-7)15(32)21(13)44-28-24(19(36)18(35)23(46-28)26(40)41)47-27-20(37)16(33)17(34)22(45-27)25(38)39/h2-6,16-20,22-24,27-30,32-37H,1H3,(H,38,39)(H,40,41)/t16-,17-,18-,19-,20+,22-,23-,24+,27-,28+/m0/s1. The van der Waals surface area contributed by atoms with Crippen molar-refractivity contribution >= 4 is 22.9 Å². The maximum atomic E-state index is 13.2. The number of phenolic OH excluding ortho intramolecular Hbond substituents is 3. The average molecular weight is 669 g/mol. The summed E-state index contributed by atoms with van der Waals surface area (Å²) in [5.41, 5.74) is -0.971. The minimum absolute atomic E-state index is 0.101. The van der Waals surface area contributed by atoms with Crippen LogP contribution in [0.25, 0.3) is 22.3 Å². The van der Waals surface area contributed by atoms with Gasteiger partial charge in [-0.2, -0.15) is 0 Å². The van der Waals surface area contributed by atoms with Crippen molar-refractivity contribution in [2.24, 2.45) is 0 Å². The van der Waals surface area contributed by atoms with Crippen LogP contribution in [0.15, 0.2) is 39.5 Å². The zero-order valence-electron chi connectivity index (χ0n) is 23.8. The monoisotopic (exact) mass is 668 g/mol. The van der Waals surface area contributed by atoms with E-state index in [2.05, 4.69) is 0 Å². The number of hydrogen-bond acceptors (Lipinski definition) is 17. The van der Waals surface area contributed by atoms with Gasteiger partial charge < -0.3 is 79.2 Å². The van der Waals surface area contributed by atoms with Gasteiger partial charge in [0, 0.05) is 17.7 Å². The number of carboxylic acid groups (broad SMARTS) is 2. The first-order valence-electron chi connectivity index (χ1n) is 13.5. The van der Waals surface area contributed by atoms with Crippen LogP contribution in [-0.2, 0) is 23.8 Å². The summed E-state index contributed by atoms with van der Waals surface area (Å²) in [6.45, 7) is 0. The molecule has 19 heteroatoms. The highest BCUT2D eigenvalue weighted by Crippen LogP contribution is 2.44. The van der Waals surface area contributed by atoms with Crippen molar-refractivity contribution in [1.29, 1.82) is 0 Å². The number of rotatable bonds is 8. The zero-order chi connectivity index (χ0) is 34.5. The molecule has 2 saturated heterocycles. The number of fused-ring (bicyclic) bond motifs is 1. The highest BCUT2D eigenvalue weighted by atomic mass is 16.8. The third-order valence-electron chi connectivity index (χ3n) is 7.52. The summed E-state index contributed by atoms with van der Waals surface area (Å²) in [7, 11) is 1.10. The van der Waals surface area contributed by atoms with E-state index in [1.54, 1.807) is 0 Å². The number of aliphatic hydroxyl groups excluding tert-OH is 5. The molecule has 0 bridgehead atoms. The van der Waals surface area contributed by atoms with Crippen LogP contribution < -0.4 is 14.9 Å². The van der Waals surface area contributed by atoms with Crippen LogP contribution in [0, 0.1) is 0 Å². The molecule has 0 spiro atoms. The maximum absolute atomic E-state index is 13.2. The fourth-order valence-electron chi connectivity index (χ4n) is 5.06. The molecule has 0 unspecified atom stereocenters.